The van der Waals surface area contributed by atoms with Crippen LogP contribution in [-0.2, 0) is 17.3 Å². The van der Waals surface area contributed by atoms with Crippen molar-refractivity contribution in [1.82, 2.24) is 5.32 Å². The van der Waals surface area contributed by atoms with Gasteiger partial charge in [-0.1, -0.05) is 6.07 Å². The Balaban J connectivity index is 1.94. The minimum atomic E-state index is -0.683. The second-order valence-corrected chi connectivity index (χ2v) is 6.14. The summed E-state index contributed by atoms with van der Waals surface area (Å²) in [6.07, 6.45) is 1.72. The van der Waals surface area contributed by atoms with Gasteiger partial charge in [0.2, 0.25) is 5.75 Å². The number of hydrogen-bond acceptors (Lipinski definition) is 5. The maximum atomic E-state index is 11.2. The van der Waals surface area contributed by atoms with E-state index in [0.717, 1.165) is 12.8 Å². The Morgan fingerprint density at radius 1 is 1.17 bits per heavy atom. The predicted octanol–water partition coefficient (Wildman–Crippen LogP) is 0.804. The molecule has 5 nitrogen and oxygen atoms in total. The molecule has 2 rings (SSSR count). The first-order valence-corrected chi connectivity index (χ1v) is 7.38. The normalized spacial score (nSPS) is 24.0. The van der Waals surface area contributed by atoms with Crippen LogP contribution in [0.15, 0.2) is 12.1 Å². The van der Waals surface area contributed by atoms with Crippen LogP contribution in [0.2, 0.25) is 0 Å². The Bertz CT molecular complexity index is 454. The zero-order chi connectivity index (χ0) is 13.1. The molecule has 0 spiro atoms. The second-order valence-electron chi connectivity index (χ2n) is 4.44. The van der Waals surface area contributed by atoms with Crippen LogP contribution in [0.4, 0.5) is 0 Å². The van der Waals surface area contributed by atoms with Gasteiger partial charge < -0.3 is 20.6 Å². The van der Waals surface area contributed by atoms with Gasteiger partial charge in [-0.3, -0.25) is 4.21 Å². The summed E-state index contributed by atoms with van der Waals surface area (Å²) in [5.41, 5.74) is 0.539. The highest BCUT2D eigenvalue weighted by Gasteiger charge is 2.18. The summed E-state index contributed by atoms with van der Waals surface area (Å²) in [4.78, 5) is 0. The van der Waals surface area contributed by atoms with Crippen LogP contribution in [0, 0.1) is 0 Å². The molecule has 0 unspecified atom stereocenters. The van der Waals surface area contributed by atoms with Gasteiger partial charge in [-0.2, -0.15) is 0 Å². The first-order chi connectivity index (χ1) is 8.58. The Morgan fingerprint density at radius 2 is 1.83 bits per heavy atom. The molecule has 0 amide bonds. The molecule has 0 aromatic heterocycles. The van der Waals surface area contributed by atoms with Gasteiger partial charge in [0, 0.05) is 40.5 Å². The van der Waals surface area contributed by atoms with Gasteiger partial charge in [0.25, 0.3) is 0 Å². The average molecular weight is 271 g/mol. The standard InChI is InChI=1S/C12H17NO4S/c14-10-2-1-8(11(15)12(10)16)7-13-9-3-5-18(17)6-4-9/h1-2,9,13-16H,3-7H2. The van der Waals surface area contributed by atoms with E-state index in [-0.39, 0.29) is 17.5 Å². The maximum absolute atomic E-state index is 11.2. The lowest BCUT2D eigenvalue weighted by Crippen LogP contribution is -2.35. The molecule has 1 aliphatic heterocycles. The van der Waals surface area contributed by atoms with E-state index in [2.05, 4.69) is 5.32 Å². The highest BCUT2D eigenvalue weighted by molar-refractivity contribution is 7.85. The number of benzene rings is 1. The molecule has 0 atom stereocenters. The van der Waals surface area contributed by atoms with Crippen LogP contribution in [0.25, 0.3) is 0 Å². The number of rotatable bonds is 3. The van der Waals surface area contributed by atoms with E-state index in [1.807, 2.05) is 0 Å². The highest BCUT2D eigenvalue weighted by atomic mass is 32.2. The molecule has 1 aromatic rings. The highest BCUT2D eigenvalue weighted by Crippen LogP contribution is 2.36. The third-order valence-electron chi connectivity index (χ3n) is 3.18. The fourth-order valence-corrected chi connectivity index (χ4v) is 3.30. The molecule has 1 aromatic carbocycles. The number of nitrogens with one attached hydrogen (secondary N) is 1. The first-order valence-electron chi connectivity index (χ1n) is 5.89. The van der Waals surface area contributed by atoms with Crippen molar-refractivity contribution in [3.05, 3.63) is 17.7 Å². The zero-order valence-electron chi connectivity index (χ0n) is 9.93. The van der Waals surface area contributed by atoms with Crippen molar-refractivity contribution in [1.29, 1.82) is 0 Å². The topological polar surface area (TPSA) is 89.8 Å². The maximum Gasteiger partial charge on any atom is 0.200 e. The van der Waals surface area contributed by atoms with Crippen molar-refractivity contribution in [3.8, 4) is 17.2 Å². The lowest BCUT2D eigenvalue weighted by atomic mass is 10.1. The lowest BCUT2D eigenvalue weighted by Gasteiger charge is -2.22. The van der Waals surface area contributed by atoms with Crippen molar-refractivity contribution in [3.63, 3.8) is 0 Å². The van der Waals surface area contributed by atoms with Crippen molar-refractivity contribution >= 4 is 10.8 Å². The van der Waals surface area contributed by atoms with Gasteiger partial charge in [0.15, 0.2) is 11.5 Å². The molecule has 0 radical (unpaired) electrons. The van der Waals surface area contributed by atoms with E-state index < -0.39 is 16.5 Å². The van der Waals surface area contributed by atoms with Crippen LogP contribution in [0.1, 0.15) is 18.4 Å². The molecule has 18 heavy (non-hydrogen) atoms. The van der Waals surface area contributed by atoms with Gasteiger partial charge in [0.05, 0.1) is 0 Å². The van der Waals surface area contributed by atoms with E-state index in [1.165, 1.54) is 6.07 Å². The SMILES string of the molecule is O=S1CCC(NCc2ccc(O)c(O)c2O)CC1. The van der Waals surface area contributed by atoms with Crippen molar-refractivity contribution in [2.75, 3.05) is 11.5 Å². The third-order valence-corrected chi connectivity index (χ3v) is 4.56. The minimum absolute atomic E-state index is 0.290. The fourth-order valence-electron chi connectivity index (χ4n) is 2.01. The Morgan fingerprint density at radius 3 is 2.50 bits per heavy atom. The monoisotopic (exact) mass is 271 g/mol. The van der Waals surface area contributed by atoms with E-state index >= 15 is 0 Å². The number of aromatic hydroxyl groups is 3. The van der Waals surface area contributed by atoms with E-state index in [1.54, 1.807) is 6.07 Å². The van der Waals surface area contributed by atoms with Crippen molar-refractivity contribution in [2.24, 2.45) is 0 Å². The summed E-state index contributed by atoms with van der Waals surface area (Å²) in [6.45, 7) is 0.414. The summed E-state index contributed by atoms with van der Waals surface area (Å²) < 4.78 is 11.2. The summed E-state index contributed by atoms with van der Waals surface area (Å²) in [7, 11) is -0.683. The van der Waals surface area contributed by atoms with Crippen LogP contribution in [0.3, 0.4) is 0 Å². The largest absolute Gasteiger partial charge is 0.504 e. The molecule has 1 saturated heterocycles. The van der Waals surface area contributed by atoms with Crippen molar-refractivity contribution < 1.29 is 19.5 Å². The van der Waals surface area contributed by atoms with Crippen LogP contribution < -0.4 is 5.32 Å². The molecule has 100 valence electrons. The molecule has 0 aliphatic carbocycles. The van der Waals surface area contributed by atoms with Gasteiger partial charge in [-0.15, -0.1) is 0 Å². The molecule has 6 heteroatoms. The second kappa shape index (κ2) is 5.58. The molecule has 0 bridgehead atoms. The smallest absolute Gasteiger partial charge is 0.200 e. The fraction of sp³-hybridized carbons (Fsp3) is 0.500. The van der Waals surface area contributed by atoms with Gasteiger partial charge in [-0.05, 0) is 18.9 Å². The Labute approximate surface area is 108 Å². The average Bonchev–Trinajstić information content (AvgIpc) is 2.37. The van der Waals surface area contributed by atoms with E-state index in [0.29, 0.717) is 23.6 Å². The lowest BCUT2D eigenvalue weighted by molar-refractivity contribution is 0.362. The molecular formula is C12H17NO4S. The predicted molar refractivity (Wildman–Crippen MR) is 69.2 cm³/mol. The van der Waals surface area contributed by atoms with E-state index in [4.69, 9.17) is 0 Å². The summed E-state index contributed by atoms with van der Waals surface area (Å²) in [5, 5.41) is 31.5. The summed E-state index contributed by atoms with van der Waals surface area (Å²) in [5.74, 6) is 0.319. The molecule has 1 fully saturated rings. The number of hydrogen-bond donors (Lipinski definition) is 4. The molecule has 1 heterocycles. The molecule has 0 saturated carbocycles. The zero-order valence-corrected chi connectivity index (χ0v) is 10.7. The Kier molecular flexibility index (Phi) is 4.08. The summed E-state index contributed by atoms with van der Waals surface area (Å²) in [6, 6.07) is 3.21. The van der Waals surface area contributed by atoms with Crippen LogP contribution in [-0.4, -0.2) is 37.1 Å². The van der Waals surface area contributed by atoms with Gasteiger partial charge in [-0.25, -0.2) is 0 Å². The third kappa shape index (κ3) is 2.94. The molecule has 4 N–H and O–H groups in total. The molecule has 1 aliphatic rings. The molecular weight excluding hydrogens is 254 g/mol. The van der Waals surface area contributed by atoms with Crippen LogP contribution in [0.5, 0.6) is 17.2 Å². The van der Waals surface area contributed by atoms with Gasteiger partial charge in [0.1, 0.15) is 0 Å². The number of phenolic OH excluding ortho intramolecular Hbond substituents is 3. The Hall–Kier alpha value is -1.27. The summed E-state index contributed by atoms with van der Waals surface area (Å²) >= 11 is 0. The first kappa shape index (κ1) is 13.2. The quantitative estimate of drug-likeness (QED) is 0.611. The van der Waals surface area contributed by atoms with Crippen molar-refractivity contribution in [2.45, 2.75) is 25.4 Å². The minimum Gasteiger partial charge on any atom is -0.504 e. The van der Waals surface area contributed by atoms with Crippen LogP contribution >= 0.6 is 0 Å². The van der Waals surface area contributed by atoms with E-state index in [9.17, 15) is 19.5 Å². The van der Waals surface area contributed by atoms with Gasteiger partial charge >= 0.3 is 0 Å². The number of phenols is 3.